The highest BCUT2D eigenvalue weighted by molar-refractivity contribution is 6.34. The van der Waals surface area contributed by atoms with Gasteiger partial charge in [-0.2, -0.15) is 4.98 Å². The van der Waals surface area contributed by atoms with Gasteiger partial charge in [0.25, 0.3) is 0 Å². The maximum absolute atomic E-state index is 11.7. The third-order valence-electron chi connectivity index (χ3n) is 2.95. The van der Waals surface area contributed by atoms with Gasteiger partial charge < -0.3 is 5.21 Å². The fraction of sp³-hybridized carbons (Fsp3) is 0. The Hall–Kier alpha value is -2.04. The Morgan fingerprint density at radius 1 is 1.10 bits per heavy atom. The van der Waals surface area contributed by atoms with Gasteiger partial charge in [0.15, 0.2) is 0 Å². The van der Waals surface area contributed by atoms with E-state index < -0.39 is 5.69 Å². The summed E-state index contributed by atoms with van der Waals surface area (Å²) in [4.78, 5) is 15.5. The molecule has 3 aromatic rings. The molecule has 3 rings (SSSR count). The van der Waals surface area contributed by atoms with Crippen LogP contribution in [-0.4, -0.2) is 14.9 Å². The fourth-order valence-corrected chi connectivity index (χ4v) is 2.47. The van der Waals surface area contributed by atoms with Gasteiger partial charge in [-0.25, -0.2) is 4.79 Å². The molecule has 0 aliphatic carbocycles. The molecule has 6 heteroatoms. The zero-order valence-corrected chi connectivity index (χ0v) is 11.6. The number of rotatable bonds is 1. The van der Waals surface area contributed by atoms with Gasteiger partial charge in [-0.1, -0.05) is 41.4 Å². The summed E-state index contributed by atoms with van der Waals surface area (Å²) >= 11 is 12.1. The quantitative estimate of drug-likeness (QED) is 0.699. The summed E-state index contributed by atoms with van der Waals surface area (Å²) < 4.78 is 0.486. The van der Waals surface area contributed by atoms with Gasteiger partial charge in [0.1, 0.15) is 5.69 Å². The van der Waals surface area contributed by atoms with Gasteiger partial charge in [-0.05, 0) is 24.3 Å². The standard InChI is InChI=1S/C14H8Cl2N2O2/c15-8-5-6-12-10(7-8)13(18(20)14(19)17-12)9-3-1-2-4-11(9)16/h1-7,20H. The lowest BCUT2D eigenvalue weighted by molar-refractivity contribution is 0.176. The van der Waals surface area contributed by atoms with Crippen molar-refractivity contribution in [2.75, 3.05) is 0 Å². The molecule has 0 unspecified atom stereocenters. The Labute approximate surface area is 123 Å². The first-order valence-corrected chi connectivity index (χ1v) is 6.50. The van der Waals surface area contributed by atoms with Gasteiger partial charge in [-0.3, -0.25) is 0 Å². The Morgan fingerprint density at radius 3 is 2.60 bits per heavy atom. The first kappa shape index (κ1) is 13.0. The number of halogens is 2. The van der Waals surface area contributed by atoms with Crippen LogP contribution in [0.2, 0.25) is 10.0 Å². The van der Waals surface area contributed by atoms with E-state index >= 15 is 0 Å². The van der Waals surface area contributed by atoms with E-state index in [-0.39, 0.29) is 5.69 Å². The second kappa shape index (κ2) is 4.81. The number of nitrogens with zero attached hydrogens (tertiary/aromatic N) is 2. The second-order valence-corrected chi connectivity index (χ2v) is 5.04. The van der Waals surface area contributed by atoms with E-state index in [0.29, 0.717) is 31.2 Å². The van der Waals surface area contributed by atoms with Crippen LogP contribution >= 0.6 is 23.2 Å². The maximum atomic E-state index is 11.7. The third kappa shape index (κ3) is 2.03. The van der Waals surface area contributed by atoms with Crippen LogP contribution < -0.4 is 5.69 Å². The minimum atomic E-state index is -0.769. The largest absolute Gasteiger partial charge is 0.424 e. The number of benzene rings is 2. The van der Waals surface area contributed by atoms with Crippen molar-refractivity contribution in [2.45, 2.75) is 0 Å². The molecule has 1 N–H and O–H groups in total. The van der Waals surface area contributed by atoms with E-state index in [1.807, 2.05) is 0 Å². The summed E-state index contributed by atoms with van der Waals surface area (Å²) in [7, 11) is 0. The molecule has 100 valence electrons. The topological polar surface area (TPSA) is 55.1 Å². The zero-order valence-electron chi connectivity index (χ0n) is 10.0. The molecular weight excluding hydrogens is 299 g/mol. The first-order chi connectivity index (χ1) is 9.58. The number of hydrogen-bond acceptors (Lipinski definition) is 3. The van der Waals surface area contributed by atoms with Gasteiger partial charge >= 0.3 is 5.69 Å². The smallest absolute Gasteiger partial charge is 0.381 e. The molecule has 20 heavy (non-hydrogen) atoms. The highest BCUT2D eigenvalue weighted by atomic mass is 35.5. The van der Waals surface area contributed by atoms with Crippen molar-refractivity contribution in [3.8, 4) is 11.3 Å². The highest BCUT2D eigenvalue weighted by Gasteiger charge is 2.15. The van der Waals surface area contributed by atoms with E-state index in [1.165, 1.54) is 0 Å². The van der Waals surface area contributed by atoms with Crippen LogP contribution in [0.1, 0.15) is 0 Å². The second-order valence-electron chi connectivity index (χ2n) is 4.20. The molecule has 0 bridgehead atoms. The Morgan fingerprint density at radius 2 is 1.85 bits per heavy atom. The zero-order chi connectivity index (χ0) is 14.3. The molecule has 1 aromatic heterocycles. The minimum absolute atomic E-state index is 0.271. The van der Waals surface area contributed by atoms with Crippen molar-refractivity contribution in [1.29, 1.82) is 0 Å². The molecule has 0 atom stereocenters. The van der Waals surface area contributed by atoms with Crippen LogP contribution in [0.5, 0.6) is 0 Å². The number of hydrogen-bond donors (Lipinski definition) is 1. The van der Waals surface area contributed by atoms with Crippen LogP contribution in [0, 0.1) is 0 Å². The van der Waals surface area contributed by atoms with Crippen molar-refractivity contribution in [3.63, 3.8) is 0 Å². The van der Waals surface area contributed by atoms with Crippen LogP contribution in [-0.2, 0) is 0 Å². The van der Waals surface area contributed by atoms with Crippen LogP contribution in [0.3, 0.4) is 0 Å². The van der Waals surface area contributed by atoms with E-state index in [1.54, 1.807) is 42.5 Å². The van der Waals surface area contributed by atoms with Gasteiger partial charge in [0.05, 0.1) is 10.5 Å². The van der Waals surface area contributed by atoms with E-state index in [4.69, 9.17) is 23.2 Å². The van der Waals surface area contributed by atoms with Crippen LogP contribution in [0.25, 0.3) is 22.2 Å². The molecular formula is C14H8Cl2N2O2. The van der Waals surface area contributed by atoms with Gasteiger partial charge in [-0.15, -0.1) is 4.73 Å². The molecule has 1 heterocycles. The molecule has 0 saturated heterocycles. The fourth-order valence-electron chi connectivity index (χ4n) is 2.07. The molecule has 0 amide bonds. The average Bonchev–Trinajstić information content (AvgIpc) is 2.42. The molecule has 0 spiro atoms. The Bertz CT molecular complexity index is 875. The van der Waals surface area contributed by atoms with Gasteiger partial charge in [0, 0.05) is 16.0 Å². The maximum Gasteiger partial charge on any atom is 0.381 e. The summed E-state index contributed by atoms with van der Waals surface area (Å²) in [6, 6.07) is 11.8. The van der Waals surface area contributed by atoms with Gasteiger partial charge in [0.2, 0.25) is 0 Å². The average molecular weight is 307 g/mol. The van der Waals surface area contributed by atoms with E-state index in [2.05, 4.69) is 4.98 Å². The molecule has 0 aliphatic rings. The molecule has 0 aliphatic heterocycles. The summed E-state index contributed by atoms with van der Waals surface area (Å²) in [5.74, 6) is 0. The van der Waals surface area contributed by atoms with Crippen molar-refractivity contribution >= 4 is 34.1 Å². The van der Waals surface area contributed by atoms with Crippen LogP contribution in [0.15, 0.2) is 47.3 Å². The first-order valence-electron chi connectivity index (χ1n) is 5.74. The lowest BCUT2D eigenvalue weighted by Crippen LogP contribution is -2.22. The summed E-state index contributed by atoms with van der Waals surface area (Å²) in [6.07, 6.45) is 0. The summed E-state index contributed by atoms with van der Waals surface area (Å²) in [6.45, 7) is 0. The monoisotopic (exact) mass is 306 g/mol. The molecule has 0 saturated carbocycles. The van der Waals surface area contributed by atoms with E-state index in [0.717, 1.165) is 0 Å². The van der Waals surface area contributed by atoms with Crippen LogP contribution in [0.4, 0.5) is 0 Å². The summed E-state index contributed by atoms with van der Waals surface area (Å²) in [5.41, 5.74) is 0.478. The van der Waals surface area contributed by atoms with Crippen molar-refractivity contribution in [2.24, 2.45) is 0 Å². The molecule has 4 nitrogen and oxygen atoms in total. The van der Waals surface area contributed by atoms with E-state index in [9.17, 15) is 10.0 Å². The third-order valence-corrected chi connectivity index (χ3v) is 3.52. The predicted molar refractivity (Wildman–Crippen MR) is 78.6 cm³/mol. The van der Waals surface area contributed by atoms with Crippen molar-refractivity contribution in [3.05, 3.63) is 63.0 Å². The highest BCUT2D eigenvalue weighted by Crippen LogP contribution is 2.32. The Kier molecular flexibility index (Phi) is 3.12. The minimum Gasteiger partial charge on any atom is -0.424 e. The Balaban J connectivity index is 2.51. The molecule has 2 aromatic carbocycles. The number of fused-ring (bicyclic) bond motifs is 1. The molecule has 0 fully saturated rings. The normalized spacial score (nSPS) is 10.9. The van der Waals surface area contributed by atoms with Crippen molar-refractivity contribution < 1.29 is 5.21 Å². The lowest BCUT2D eigenvalue weighted by atomic mass is 10.1. The summed E-state index contributed by atoms with van der Waals surface area (Å²) in [5, 5.41) is 11.4. The predicted octanol–water partition coefficient (Wildman–Crippen LogP) is 3.61. The lowest BCUT2D eigenvalue weighted by Gasteiger charge is -2.11. The molecule has 0 radical (unpaired) electrons. The van der Waals surface area contributed by atoms with Crippen molar-refractivity contribution in [1.82, 2.24) is 9.71 Å². The number of aromatic nitrogens is 2. The SMILES string of the molecule is O=c1nc2ccc(Cl)cc2c(-c2ccccc2Cl)n1O.